The highest BCUT2D eigenvalue weighted by molar-refractivity contribution is 6.32. The second-order valence-corrected chi connectivity index (χ2v) is 9.20. The van der Waals surface area contributed by atoms with Gasteiger partial charge in [0.2, 0.25) is 0 Å². The monoisotopic (exact) mass is 521 g/mol. The van der Waals surface area contributed by atoms with E-state index in [-0.39, 0.29) is 5.91 Å². The Morgan fingerprint density at radius 2 is 1.73 bits per heavy atom. The van der Waals surface area contributed by atoms with Crippen molar-refractivity contribution in [1.82, 2.24) is 14.9 Å². The van der Waals surface area contributed by atoms with Gasteiger partial charge in [0.15, 0.2) is 11.5 Å². The zero-order valence-corrected chi connectivity index (χ0v) is 22.4. The van der Waals surface area contributed by atoms with E-state index >= 15 is 0 Å². The summed E-state index contributed by atoms with van der Waals surface area (Å²) in [7, 11) is 3.12. The Bertz CT molecular complexity index is 1380. The first-order valence-corrected chi connectivity index (χ1v) is 12.6. The lowest BCUT2D eigenvalue weighted by atomic mass is 10.1. The third kappa shape index (κ3) is 6.17. The zero-order valence-electron chi connectivity index (χ0n) is 21.6. The number of halogens is 1. The minimum atomic E-state index is -0.156. The van der Waals surface area contributed by atoms with Gasteiger partial charge in [-0.25, -0.2) is 4.98 Å². The summed E-state index contributed by atoms with van der Waals surface area (Å²) in [6, 6.07) is 17.1. The third-order valence-corrected chi connectivity index (χ3v) is 6.83. The van der Waals surface area contributed by atoms with E-state index in [1.807, 2.05) is 44.2 Å². The number of hydrogen-bond acceptors (Lipinski definition) is 5. The number of amides is 1. The third-order valence-electron chi connectivity index (χ3n) is 6.24. The molecule has 0 bridgehead atoms. The molecule has 3 aromatic carbocycles. The van der Waals surface area contributed by atoms with E-state index in [0.29, 0.717) is 36.8 Å². The van der Waals surface area contributed by atoms with Gasteiger partial charge in [-0.1, -0.05) is 23.7 Å². The summed E-state index contributed by atoms with van der Waals surface area (Å²) in [6.07, 6.45) is 1.47. The normalized spacial score (nSPS) is 10.9. The molecule has 0 radical (unpaired) electrons. The Morgan fingerprint density at radius 1 is 1.00 bits per heavy atom. The van der Waals surface area contributed by atoms with Crippen molar-refractivity contribution >= 4 is 28.5 Å². The maximum Gasteiger partial charge on any atom is 0.251 e. The number of rotatable bonds is 11. The number of methoxy groups -OCH3 is 2. The Morgan fingerprint density at radius 3 is 2.46 bits per heavy atom. The summed E-state index contributed by atoms with van der Waals surface area (Å²) >= 11 is 6.29. The molecule has 4 aromatic rings. The smallest absolute Gasteiger partial charge is 0.251 e. The predicted molar refractivity (Wildman–Crippen MR) is 146 cm³/mol. The standard InChI is InChI=1S/C29H32ClN3O4/c1-19-16-22(17-20(2)28(19)30)37-15-14-33-24-9-6-5-8-23(24)32-27(33)10-7-13-31-29(34)21-11-12-25(35-3)26(18-21)36-4/h5-6,8-9,11-12,16-18H,7,10,13-15H2,1-4H3,(H,31,34). The van der Waals surface area contributed by atoms with Crippen molar-refractivity contribution in [3.05, 3.63) is 82.1 Å². The van der Waals surface area contributed by atoms with Gasteiger partial charge >= 0.3 is 0 Å². The highest BCUT2D eigenvalue weighted by atomic mass is 35.5. The first-order chi connectivity index (χ1) is 17.9. The molecular formula is C29H32ClN3O4. The first kappa shape index (κ1) is 26.4. The van der Waals surface area contributed by atoms with Gasteiger partial charge in [0, 0.05) is 23.6 Å². The molecular weight excluding hydrogens is 490 g/mol. The van der Waals surface area contributed by atoms with Crippen LogP contribution in [0.1, 0.15) is 33.7 Å². The van der Waals surface area contributed by atoms with Gasteiger partial charge in [-0.3, -0.25) is 4.79 Å². The lowest BCUT2D eigenvalue weighted by Crippen LogP contribution is -2.25. The van der Waals surface area contributed by atoms with Crippen molar-refractivity contribution in [2.24, 2.45) is 0 Å². The highest BCUT2D eigenvalue weighted by Gasteiger charge is 2.13. The molecule has 7 nitrogen and oxygen atoms in total. The number of carbonyl (C=O) groups is 1. The molecule has 1 amide bonds. The molecule has 0 saturated heterocycles. The average molecular weight is 522 g/mol. The molecule has 0 aliphatic heterocycles. The molecule has 0 spiro atoms. The minimum Gasteiger partial charge on any atom is -0.493 e. The number of nitrogens with one attached hydrogen (secondary N) is 1. The van der Waals surface area contributed by atoms with Gasteiger partial charge in [0.1, 0.15) is 18.2 Å². The van der Waals surface area contributed by atoms with E-state index in [2.05, 4.69) is 16.0 Å². The fourth-order valence-corrected chi connectivity index (χ4v) is 4.45. The lowest BCUT2D eigenvalue weighted by Gasteiger charge is -2.13. The van der Waals surface area contributed by atoms with Crippen LogP contribution in [0.3, 0.4) is 0 Å². The van der Waals surface area contributed by atoms with E-state index in [9.17, 15) is 4.79 Å². The molecule has 0 aliphatic rings. The summed E-state index contributed by atoms with van der Waals surface area (Å²) in [6.45, 7) is 5.65. The molecule has 1 heterocycles. The van der Waals surface area contributed by atoms with Crippen molar-refractivity contribution in [2.45, 2.75) is 33.2 Å². The van der Waals surface area contributed by atoms with Crippen LogP contribution in [-0.2, 0) is 13.0 Å². The minimum absolute atomic E-state index is 0.156. The number of hydrogen-bond donors (Lipinski definition) is 1. The summed E-state index contributed by atoms with van der Waals surface area (Å²) in [5.41, 5.74) is 4.54. The maximum absolute atomic E-state index is 12.6. The number of nitrogens with zero attached hydrogens (tertiary/aromatic N) is 2. The summed E-state index contributed by atoms with van der Waals surface area (Å²) < 4.78 is 18.8. The van der Waals surface area contributed by atoms with Gasteiger partial charge in [0.25, 0.3) is 5.91 Å². The molecule has 0 unspecified atom stereocenters. The fourth-order valence-electron chi connectivity index (χ4n) is 4.34. The molecule has 0 atom stereocenters. The van der Waals surface area contributed by atoms with Crippen LogP contribution < -0.4 is 19.5 Å². The number of benzene rings is 3. The quantitative estimate of drug-likeness (QED) is 0.254. The van der Waals surface area contributed by atoms with Crippen LogP contribution in [0.4, 0.5) is 0 Å². The molecule has 4 rings (SSSR count). The molecule has 8 heteroatoms. The van der Waals surface area contributed by atoms with E-state index < -0.39 is 0 Å². The zero-order chi connectivity index (χ0) is 26.4. The van der Waals surface area contributed by atoms with E-state index in [1.54, 1.807) is 32.4 Å². The van der Waals surface area contributed by atoms with E-state index in [1.165, 1.54) is 0 Å². The fraction of sp³-hybridized carbons (Fsp3) is 0.310. The van der Waals surface area contributed by atoms with Crippen LogP contribution in [0.2, 0.25) is 5.02 Å². The van der Waals surface area contributed by atoms with Crippen molar-refractivity contribution < 1.29 is 19.0 Å². The molecule has 1 aromatic heterocycles. The van der Waals surface area contributed by atoms with Crippen LogP contribution in [0.15, 0.2) is 54.6 Å². The number of aryl methyl sites for hydroxylation is 3. The Balaban J connectivity index is 1.37. The van der Waals surface area contributed by atoms with Gasteiger partial charge in [-0.2, -0.15) is 0 Å². The molecule has 1 N–H and O–H groups in total. The molecule has 194 valence electrons. The number of carbonyl (C=O) groups excluding carboxylic acids is 1. The summed E-state index contributed by atoms with van der Waals surface area (Å²) in [5, 5.41) is 3.75. The topological polar surface area (TPSA) is 74.6 Å². The Labute approximate surface area is 222 Å². The number of aromatic nitrogens is 2. The molecule has 37 heavy (non-hydrogen) atoms. The van der Waals surface area contributed by atoms with Gasteiger partial charge < -0.3 is 24.1 Å². The number of para-hydroxylation sites is 2. The van der Waals surface area contributed by atoms with E-state index in [0.717, 1.165) is 51.6 Å². The molecule has 0 aliphatic carbocycles. The van der Waals surface area contributed by atoms with Gasteiger partial charge in [-0.15, -0.1) is 0 Å². The second-order valence-electron chi connectivity index (χ2n) is 8.82. The largest absolute Gasteiger partial charge is 0.493 e. The van der Waals surface area contributed by atoms with Gasteiger partial charge in [-0.05, 0) is 73.9 Å². The lowest BCUT2D eigenvalue weighted by molar-refractivity contribution is 0.0952. The van der Waals surface area contributed by atoms with Crippen LogP contribution in [0, 0.1) is 13.8 Å². The van der Waals surface area contributed by atoms with Crippen molar-refractivity contribution in [3.8, 4) is 17.2 Å². The molecule has 0 saturated carbocycles. The first-order valence-electron chi connectivity index (χ1n) is 12.2. The van der Waals surface area contributed by atoms with Crippen LogP contribution in [0.25, 0.3) is 11.0 Å². The summed E-state index contributed by atoms with van der Waals surface area (Å²) in [4.78, 5) is 17.5. The summed E-state index contributed by atoms with van der Waals surface area (Å²) in [5.74, 6) is 2.73. The maximum atomic E-state index is 12.6. The van der Waals surface area contributed by atoms with E-state index in [4.69, 9.17) is 30.8 Å². The number of imidazole rings is 1. The molecule has 0 fully saturated rings. The van der Waals surface area contributed by atoms with Crippen LogP contribution in [-0.4, -0.2) is 42.8 Å². The van der Waals surface area contributed by atoms with Crippen LogP contribution >= 0.6 is 11.6 Å². The predicted octanol–water partition coefficient (Wildman–Crippen LogP) is 5.77. The van der Waals surface area contributed by atoms with Crippen molar-refractivity contribution in [1.29, 1.82) is 0 Å². The van der Waals surface area contributed by atoms with Crippen molar-refractivity contribution in [3.63, 3.8) is 0 Å². The SMILES string of the molecule is COc1ccc(C(=O)NCCCc2nc3ccccc3n2CCOc2cc(C)c(Cl)c(C)c2)cc1OC. The van der Waals surface area contributed by atoms with Crippen LogP contribution in [0.5, 0.6) is 17.2 Å². The second kappa shape index (κ2) is 12.0. The highest BCUT2D eigenvalue weighted by Crippen LogP contribution is 2.28. The number of ether oxygens (including phenoxy) is 3. The average Bonchev–Trinajstić information content (AvgIpc) is 3.26. The van der Waals surface area contributed by atoms with Crippen molar-refractivity contribution in [2.75, 3.05) is 27.4 Å². The Kier molecular flexibility index (Phi) is 8.56. The Hall–Kier alpha value is -3.71. The van der Waals surface area contributed by atoms with Gasteiger partial charge in [0.05, 0.1) is 31.8 Å². The number of fused-ring (bicyclic) bond motifs is 1.